The standard InChI is InChI=1S/C25H27F3N4O2/c26-25(27,28)18-6-4-7-19(14-18)32-23(17-9-10-17)20(15-30-32)24(33)29-16-21(22-8-5-13-34-22)31-11-2-1-3-12-31/h4-8,13-15,17,21H,1-3,9-12,16H2,(H,29,33). The number of aromatic nitrogens is 2. The minimum Gasteiger partial charge on any atom is -0.468 e. The SMILES string of the molecule is O=C(NCC(c1ccco1)N1CCCCC1)c1cnn(-c2cccc(C(F)(F)F)c2)c1C1CC1. The molecule has 1 saturated heterocycles. The zero-order chi connectivity index (χ0) is 23.7. The number of nitrogens with one attached hydrogen (secondary N) is 1. The van der Waals surface area contributed by atoms with Crippen LogP contribution in [-0.4, -0.2) is 40.2 Å². The van der Waals surface area contributed by atoms with Crippen molar-refractivity contribution in [3.63, 3.8) is 0 Å². The average Bonchev–Trinajstić information content (AvgIpc) is 3.34. The Bertz CT molecular complexity index is 1130. The summed E-state index contributed by atoms with van der Waals surface area (Å²) in [6.45, 7) is 2.27. The molecule has 3 aromatic rings. The lowest BCUT2D eigenvalue weighted by Gasteiger charge is -2.33. The van der Waals surface area contributed by atoms with Crippen molar-refractivity contribution in [1.82, 2.24) is 20.0 Å². The first kappa shape index (κ1) is 22.7. The molecule has 2 aliphatic rings. The first-order valence-electron chi connectivity index (χ1n) is 11.7. The van der Waals surface area contributed by atoms with E-state index >= 15 is 0 Å². The molecule has 1 amide bonds. The van der Waals surface area contributed by atoms with Crippen LogP contribution in [0.4, 0.5) is 13.2 Å². The van der Waals surface area contributed by atoms with Crippen molar-refractivity contribution in [1.29, 1.82) is 0 Å². The second-order valence-corrected chi connectivity index (χ2v) is 9.02. The van der Waals surface area contributed by atoms with Gasteiger partial charge in [-0.1, -0.05) is 12.5 Å². The van der Waals surface area contributed by atoms with Gasteiger partial charge in [0.2, 0.25) is 0 Å². The van der Waals surface area contributed by atoms with Gasteiger partial charge in [-0.15, -0.1) is 0 Å². The van der Waals surface area contributed by atoms with Crippen LogP contribution in [0.25, 0.3) is 5.69 Å². The number of amides is 1. The van der Waals surface area contributed by atoms with Gasteiger partial charge in [0.25, 0.3) is 5.91 Å². The molecule has 2 fully saturated rings. The average molecular weight is 473 g/mol. The van der Waals surface area contributed by atoms with Crippen LogP contribution in [0.3, 0.4) is 0 Å². The summed E-state index contributed by atoms with van der Waals surface area (Å²) in [5.74, 6) is 0.652. The van der Waals surface area contributed by atoms with Crippen LogP contribution >= 0.6 is 0 Å². The second-order valence-electron chi connectivity index (χ2n) is 9.02. The van der Waals surface area contributed by atoms with Crippen molar-refractivity contribution in [2.45, 2.75) is 50.2 Å². The Balaban J connectivity index is 1.38. The monoisotopic (exact) mass is 472 g/mol. The summed E-state index contributed by atoms with van der Waals surface area (Å²) in [5.41, 5.74) is 0.648. The molecule has 5 rings (SSSR count). The van der Waals surface area contributed by atoms with Gasteiger partial charge in [-0.3, -0.25) is 9.69 Å². The van der Waals surface area contributed by atoms with E-state index in [4.69, 9.17) is 4.42 Å². The van der Waals surface area contributed by atoms with E-state index in [2.05, 4.69) is 15.3 Å². The summed E-state index contributed by atoms with van der Waals surface area (Å²) in [6, 6.07) is 8.76. The fourth-order valence-corrected chi connectivity index (χ4v) is 4.71. The van der Waals surface area contributed by atoms with Crippen molar-refractivity contribution in [2.75, 3.05) is 19.6 Å². The number of hydrogen-bond acceptors (Lipinski definition) is 4. The highest BCUT2D eigenvalue weighted by atomic mass is 19.4. The van der Waals surface area contributed by atoms with E-state index < -0.39 is 11.7 Å². The lowest BCUT2D eigenvalue weighted by molar-refractivity contribution is -0.137. The lowest BCUT2D eigenvalue weighted by Crippen LogP contribution is -2.40. The molecule has 34 heavy (non-hydrogen) atoms. The molecule has 180 valence electrons. The third-order valence-electron chi connectivity index (χ3n) is 6.59. The van der Waals surface area contributed by atoms with Crippen LogP contribution < -0.4 is 5.32 Å². The normalized spacial score (nSPS) is 18.1. The molecule has 9 heteroatoms. The summed E-state index contributed by atoms with van der Waals surface area (Å²) in [7, 11) is 0. The molecule has 1 aromatic carbocycles. The number of likely N-dealkylation sites (tertiary alicyclic amines) is 1. The highest BCUT2D eigenvalue weighted by Gasteiger charge is 2.35. The molecule has 1 aliphatic heterocycles. The van der Waals surface area contributed by atoms with E-state index in [0.29, 0.717) is 23.5 Å². The zero-order valence-corrected chi connectivity index (χ0v) is 18.7. The van der Waals surface area contributed by atoms with Gasteiger partial charge in [-0.25, -0.2) is 4.68 Å². The highest BCUT2D eigenvalue weighted by molar-refractivity contribution is 5.95. The molecular formula is C25H27F3N4O2. The Labute approximate surface area is 195 Å². The van der Waals surface area contributed by atoms with Crippen LogP contribution in [0.5, 0.6) is 0 Å². The number of alkyl halides is 3. The van der Waals surface area contributed by atoms with Crippen molar-refractivity contribution >= 4 is 5.91 Å². The summed E-state index contributed by atoms with van der Waals surface area (Å²) in [4.78, 5) is 15.6. The maximum absolute atomic E-state index is 13.2. The second kappa shape index (κ2) is 9.29. The summed E-state index contributed by atoms with van der Waals surface area (Å²) in [6.07, 6.45) is 3.85. The minimum atomic E-state index is -4.45. The molecule has 0 spiro atoms. The van der Waals surface area contributed by atoms with Gasteiger partial charge >= 0.3 is 6.18 Å². The number of nitrogens with zero attached hydrogens (tertiary/aromatic N) is 3. The van der Waals surface area contributed by atoms with Gasteiger partial charge in [0.05, 0.1) is 41.0 Å². The molecular weight excluding hydrogens is 445 g/mol. The van der Waals surface area contributed by atoms with Crippen molar-refractivity contribution in [3.05, 3.63) is 71.4 Å². The molecule has 1 saturated carbocycles. The van der Waals surface area contributed by atoms with Crippen LogP contribution in [0, 0.1) is 0 Å². The first-order valence-corrected chi connectivity index (χ1v) is 11.7. The number of benzene rings is 1. The van der Waals surface area contributed by atoms with Gasteiger partial charge in [0, 0.05) is 12.5 Å². The quantitative estimate of drug-likeness (QED) is 0.506. The molecule has 1 atom stereocenters. The van der Waals surface area contributed by atoms with Gasteiger partial charge in [0.1, 0.15) is 5.76 Å². The van der Waals surface area contributed by atoms with Crippen LogP contribution in [-0.2, 0) is 6.18 Å². The summed E-state index contributed by atoms with van der Waals surface area (Å²) < 4.78 is 46.8. The third-order valence-corrected chi connectivity index (χ3v) is 6.59. The number of carbonyl (C=O) groups excluding carboxylic acids is 1. The number of furan rings is 1. The molecule has 3 heterocycles. The lowest BCUT2D eigenvalue weighted by atomic mass is 10.1. The fraction of sp³-hybridized carbons (Fsp3) is 0.440. The summed E-state index contributed by atoms with van der Waals surface area (Å²) >= 11 is 0. The Hall–Kier alpha value is -3.07. The Morgan fingerprint density at radius 3 is 2.62 bits per heavy atom. The van der Waals surface area contributed by atoms with Crippen molar-refractivity contribution < 1.29 is 22.4 Å². The molecule has 0 bridgehead atoms. The van der Waals surface area contributed by atoms with E-state index in [9.17, 15) is 18.0 Å². The van der Waals surface area contributed by atoms with E-state index in [0.717, 1.165) is 56.7 Å². The topological polar surface area (TPSA) is 63.3 Å². The van der Waals surface area contributed by atoms with E-state index in [1.54, 1.807) is 12.3 Å². The predicted octanol–water partition coefficient (Wildman–Crippen LogP) is 5.32. The Kier molecular flexibility index (Phi) is 6.20. The number of rotatable bonds is 7. The highest BCUT2D eigenvalue weighted by Crippen LogP contribution is 2.43. The number of hydrogen-bond donors (Lipinski definition) is 1. The predicted molar refractivity (Wildman–Crippen MR) is 120 cm³/mol. The number of piperidine rings is 1. The smallest absolute Gasteiger partial charge is 0.416 e. The molecule has 0 radical (unpaired) electrons. The van der Waals surface area contributed by atoms with Crippen LogP contribution in [0.1, 0.15) is 71.4 Å². The minimum absolute atomic E-state index is 0.0675. The number of carbonyl (C=O) groups is 1. The van der Waals surface area contributed by atoms with Gasteiger partial charge in [-0.2, -0.15) is 18.3 Å². The maximum Gasteiger partial charge on any atom is 0.416 e. The summed E-state index contributed by atoms with van der Waals surface area (Å²) in [5, 5.41) is 7.35. The molecule has 6 nitrogen and oxygen atoms in total. The fourth-order valence-electron chi connectivity index (χ4n) is 4.71. The van der Waals surface area contributed by atoms with Gasteiger partial charge in [0.15, 0.2) is 0 Å². The molecule has 2 aromatic heterocycles. The largest absolute Gasteiger partial charge is 0.468 e. The number of halogens is 3. The third kappa shape index (κ3) is 4.75. The van der Waals surface area contributed by atoms with E-state index in [-0.39, 0.29) is 17.9 Å². The van der Waals surface area contributed by atoms with E-state index in [1.165, 1.54) is 23.4 Å². The Morgan fingerprint density at radius 2 is 1.94 bits per heavy atom. The first-order chi connectivity index (χ1) is 16.4. The van der Waals surface area contributed by atoms with E-state index in [1.807, 2.05) is 12.1 Å². The van der Waals surface area contributed by atoms with Gasteiger partial charge < -0.3 is 9.73 Å². The molecule has 1 N–H and O–H groups in total. The maximum atomic E-state index is 13.2. The molecule has 1 aliphatic carbocycles. The zero-order valence-electron chi connectivity index (χ0n) is 18.7. The Morgan fingerprint density at radius 1 is 1.15 bits per heavy atom. The van der Waals surface area contributed by atoms with Crippen molar-refractivity contribution in [2.24, 2.45) is 0 Å². The van der Waals surface area contributed by atoms with Crippen LogP contribution in [0.15, 0.2) is 53.3 Å². The molecule has 1 unspecified atom stereocenters. The van der Waals surface area contributed by atoms with Crippen molar-refractivity contribution in [3.8, 4) is 5.69 Å². The van der Waals surface area contributed by atoms with Gasteiger partial charge in [-0.05, 0) is 69.1 Å². The van der Waals surface area contributed by atoms with Crippen LogP contribution in [0.2, 0.25) is 0 Å².